The van der Waals surface area contributed by atoms with Gasteiger partial charge in [-0.25, -0.2) is 0 Å². The van der Waals surface area contributed by atoms with Gasteiger partial charge in [0.2, 0.25) is 11.1 Å². The second-order valence-corrected chi connectivity index (χ2v) is 7.16. The summed E-state index contributed by atoms with van der Waals surface area (Å²) in [5, 5.41) is 24.7. The van der Waals surface area contributed by atoms with E-state index in [9.17, 15) is 10.1 Å². The maximum Gasteiger partial charge on any atom is 0.231 e. The fourth-order valence-electron chi connectivity index (χ4n) is 2.38. The lowest BCUT2D eigenvalue weighted by Crippen LogP contribution is -2.47. The molecule has 1 saturated carbocycles. The first-order valence-electron chi connectivity index (χ1n) is 7.41. The van der Waals surface area contributed by atoms with Gasteiger partial charge in [-0.05, 0) is 54.3 Å². The van der Waals surface area contributed by atoms with Gasteiger partial charge in [-0.2, -0.15) is 9.94 Å². The summed E-state index contributed by atoms with van der Waals surface area (Å²) in [5.74, 6) is 0.162. The summed E-state index contributed by atoms with van der Waals surface area (Å²) in [4.78, 5) is 12.2. The van der Waals surface area contributed by atoms with Crippen molar-refractivity contribution in [2.75, 3.05) is 5.75 Å². The van der Waals surface area contributed by atoms with Crippen molar-refractivity contribution < 1.29 is 4.79 Å². The molecule has 1 fully saturated rings. The molecular weight excluding hydrogens is 348 g/mol. The Kier molecular flexibility index (Phi) is 4.73. The topological polar surface area (TPSA) is 96.5 Å². The molecule has 9 heteroatoms. The average molecular weight is 363 g/mol. The van der Waals surface area contributed by atoms with E-state index in [4.69, 9.17) is 11.6 Å². The summed E-state index contributed by atoms with van der Waals surface area (Å²) in [6, 6.07) is 9.33. The number of tetrazole rings is 1. The first-order valence-corrected chi connectivity index (χ1v) is 8.77. The third kappa shape index (κ3) is 3.68. The molecule has 0 spiro atoms. The van der Waals surface area contributed by atoms with Crippen LogP contribution in [0.25, 0.3) is 5.69 Å². The van der Waals surface area contributed by atoms with E-state index in [-0.39, 0.29) is 17.6 Å². The molecule has 0 radical (unpaired) electrons. The summed E-state index contributed by atoms with van der Waals surface area (Å²) in [5.41, 5.74) is -0.0773. The van der Waals surface area contributed by atoms with Crippen LogP contribution in [0.3, 0.4) is 0 Å². The zero-order valence-corrected chi connectivity index (χ0v) is 14.5. The normalized spacial score (nSPS) is 16.2. The SMILES string of the molecule is C[C@@](C#N)(NC(=O)CSc1nnnn1-c1cccc(Cl)c1)C1CC1. The lowest BCUT2D eigenvalue weighted by Gasteiger charge is -2.22. The van der Waals surface area contributed by atoms with Crippen LogP contribution >= 0.6 is 23.4 Å². The van der Waals surface area contributed by atoms with E-state index >= 15 is 0 Å². The highest BCUT2D eigenvalue weighted by Crippen LogP contribution is 2.39. The number of thioether (sulfide) groups is 1. The number of carbonyl (C=O) groups is 1. The molecule has 1 N–H and O–H groups in total. The van der Waals surface area contributed by atoms with Crippen molar-refractivity contribution in [3.8, 4) is 11.8 Å². The predicted octanol–water partition coefficient (Wildman–Crippen LogP) is 2.22. The summed E-state index contributed by atoms with van der Waals surface area (Å²) in [6.45, 7) is 1.77. The molecule has 1 atom stereocenters. The third-order valence-corrected chi connectivity index (χ3v) is 5.01. The van der Waals surface area contributed by atoms with Crippen molar-refractivity contribution in [2.24, 2.45) is 5.92 Å². The highest BCUT2D eigenvalue weighted by molar-refractivity contribution is 7.99. The van der Waals surface area contributed by atoms with Crippen molar-refractivity contribution in [1.29, 1.82) is 5.26 Å². The van der Waals surface area contributed by atoms with Gasteiger partial charge in [0.15, 0.2) is 0 Å². The Hall–Kier alpha value is -2.11. The molecule has 24 heavy (non-hydrogen) atoms. The zero-order valence-electron chi connectivity index (χ0n) is 12.9. The number of rotatable bonds is 6. The Morgan fingerprint density at radius 3 is 3.04 bits per heavy atom. The highest BCUT2D eigenvalue weighted by atomic mass is 35.5. The Balaban J connectivity index is 1.65. The summed E-state index contributed by atoms with van der Waals surface area (Å²) in [7, 11) is 0. The smallest absolute Gasteiger partial charge is 0.231 e. The minimum Gasteiger partial charge on any atom is -0.337 e. The summed E-state index contributed by atoms with van der Waals surface area (Å²) >= 11 is 7.19. The minimum absolute atomic E-state index is 0.130. The van der Waals surface area contributed by atoms with E-state index in [1.807, 2.05) is 6.07 Å². The molecule has 1 heterocycles. The van der Waals surface area contributed by atoms with Crippen LogP contribution in [0.5, 0.6) is 0 Å². The van der Waals surface area contributed by atoms with E-state index in [1.54, 1.807) is 25.1 Å². The molecule has 0 unspecified atom stereocenters. The minimum atomic E-state index is -0.795. The van der Waals surface area contributed by atoms with Crippen molar-refractivity contribution in [2.45, 2.75) is 30.5 Å². The highest BCUT2D eigenvalue weighted by Gasteiger charge is 2.42. The fraction of sp³-hybridized carbons (Fsp3) is 0.400. The quantitative estimate of drug-likeness (QED) is 0.791. The number of amides is 1. The van der Waals surface area contributed by atoms with E-state index in [1.165, 1.54) is 16.4 Å². The molecule has 7 nitrogen and oxygen atoms in total. The van der Waals surface area contributed by atoms with Crippen LogP contribution in [0.15, 0.2) is 29.4 Å². The number of nitrogens with one attached hydrogen (secondary N) is 1. The molecule has 0 aliphatic heterocycles. The molecule has 0 bridgehead atoms. The summed E-state index contributed by atoms with van der Waals surface area (Å²) < 4.78 is 1.52. The van der Waals surface area contributed by atoms with Crippen molar-refractivity contribution >= 4 is 29.3 Å². The van der Waals surface area contributed by atoms with Crippen molar-refractivity contribution in [3.63, 3.8) is 0 Å². The van der Waals surface area contributed by atoms with Crippen LogP contribution in [0.1, 0.15) is 19.8 Å². The predicted molar refractivity (Wildman–Crippen MR) is 89.8 cm³/mol. The number of nitriles is 1. The number of carbonyl (C=O) groups excluding carboxylic acids is 1. The van der Waals surface area contributed by atoms with Crippen LogP contribution in [-0.2, 0) is 4.79 Å². The Bertz CT molecular complexity index is 799. The Labute approximate surface area is 148 Å². The van der Waals surface area contributed by atoms with E-state index in [2.05, 4.69) is 26.9 Å². The number of hydrogen-bond acceptors (Lipinski definition) is 6. The van der Waals surface area contributed by atoms with Gasteiger partial charge in [0.25, 0.3) is 0 Å². The van der Waals surface area contributed by atoms with Crippen molar-refractivity contribution in [3.05, 3.63) is 29.3 Å². The first-order chi connectivity index (χ1) is 11.5. The van der Waals surface area contributed by atoms with Crippen LogP contribution in [0.4, 0.5) is 0 Å². The first kappa shape index (κ1) is 16.7. The van der Waals surface area contributed by atoms with E-state index in [0.29, 0.717) is 10.2 Å². The van der Waals surface area contributed by atoms with E-state index in [0.717, 1.165) is 18.5 Å². The zero-order chi connectivity index (χ0) is 17.2. The fourth-order valence-corrected chi connectivity index (χ4v) is 3.25. The molecule has 2 aromatic rings. The van der Waals surface area contributed by atoms with Gasteiger partial charge in [0.1, 0.15) is 5.54 Å². The van der Waals surface area contributed by atoms with Gasteiger partial charge < -0.3 is 5.32 Å². The average Bonchev–Trinajstić information content (AvgIpc) is 3.32. The number of aromatic nitrogens is 4. The molecule has 3 rings (SSSR count). The number of halogens is 1. The Morgan fingerprint density at radius 2 is 2.38 bits per heavy atom. The second kappa shape index (κ2) is 6.79. The van der Waals surface area contributed by atoms with Crippen LogP contribution < -0.4 is 5.32 Å². The monoisotopic (exact) mass is 362 g/mol. The molecule has 1 aromatic carbocycles. The van der Waals surface area contributed by atoms with Gasteiger partial charge in [-0.15, -0.1) is 5.10 Å². The second-order valence-electron chi connectivity index (χ2n) is 5.78. The molecule has 1 aliphatic rings. The maximum atomic E-state index is 12.2. The number of hydrogen-bond donors (Lipinski definition) is 1. The maximum absolute atomic E-state index is 12.2. The molecule has 1 aliphatic carbocycles. The van der Waals surface area contributed by atoms with Gasteiger partial charge >= 0.3 is 0 Å². The van der Waals surface area contributed by atoms with Gasteiger partial charge in [-0.1, -0.05) is 29.4 Å². The van der Waals surface area contributed by atoms with Gasteiger partial charge in [0.05, 0.1) is 17.5 Å². The lowest BCUT2D eigenvalue weighted by atomic mass is 9.98. The molecule has 124 valence electrons. The van der Waals surface area contributed by atoms with Crippen LogP contribution in [-0.4, -0.2) is 37.4 Å². The molecular formula is C15H15ClN6OS. The summed E-state index contributed by atoms with van der Waals surface area (Å²) in [6.07, 6.45) is 1.95. The van der Waals surface area contributed by atoms with Crippen LogP contribution in [0, 0.1) is 17.2 Å². The third-order valence-electron chi connectivity index (χ3n) is 3.85. The number of nitrogens with zero attached hydrogens (tertiary/aromatic N) is 5. The largest absolute Gasteiger partial charge is 0.337 e. The molecule has 0 saturated heterocycles. The molecule has 1 amide bonds. The molecule has 1 aromatic heterocycles. The van der Waals surface area contributed by atoms with Gasteiger partial charge in [-0.3, -0.25) is 4.79 Å². The number of benzene rings is 1. The van der Waals surface area contributed by atoms with E-state index < -0.39 is 5.54 Å². The standard InChI is InChI=1S/C15H15ClN6OS/c1-15(9-17,10-5-6-10)18-13(23)8-24-14-19-20-21-22(14)12-4-2-3-11(16)7-12/h2-4,7,10H,5-6,8H2,1H3,(H,18,23)/t15-/m0/s1. The lowest BCUT2D eigenvalue weighted by molar-refractivity contribution is -0.119. The Morgan fingerprint density at radius 1 is 1.58 bits per heavy atom. The van der Waals surface area contributed by atoms with Gasteiger partial charge in [0, 0.05) is 5.02 Å². The van der Waals surface area contributed by atoms with Crippen molar-refractivity contribution in [1.82, 2.24) is 25.5 Å². The van der Waals surface area contributed by atoms with Crippen LogP contribution in [0.2, 0.25) is 5.02 Å².